The van der Waals surface area contributed by atoms with Gasteiger partial charge in [0.25, 0.3) is 0 Å². The van der Waals surface area contributed by atoms with E-state index in [0.717, 1.165) is 18.4 Å². The fraction of sp³-hybridized carbons (Fsp3) is 0.600. The van der Waals surface area contributed by atoms with Crippen LogP contribution in [-0.4, -0.2) is 12.6 Å². The first-order chi connectivity index (χ1) is 6.20. The number of allylic oxidation sites excluding steroid dienone is 1. The van der Waals surface area contributed by atoms with E-state index in [-0.39, 0.29) is 5.57 Å². The van der Waals surface area contributed by atoms with Crippen LogP contribution in [0.2, 0.25) is 0 Å². The minimum atomic E-state index is -0.477. The maximum Gasteiger partial charge on any atom is 0.348 e. The zero-order valence-electron chi connectivity index (χ0n) is 7.96. The number of ether oxygens (including phenoxy) is 1. The minimum Gasteiger partial charge on any atom is -0.462 e. The largest absolute Gasteiger partial charge is 0.462 e. The van der Waals surface area contributed by atoms with Gasteiger partial charge in [-0.3, -0.25) is 0 Å². The first-order valence-electron chi connectivity index (χ1n) is 4.48. The van der Waals surface area contributed by atoms with Crippen molar-refractivity contribution in [1.82, 2.24) is 0 Å². The van der Waals surface area contributed by atoms with Crippen molar-refractivity contribution in [1.29, 1.82) is 5.26 Å². The topological polar surface area (TPSA) is 50.1 Å². The molecule has 1 aliphatic rings. The lowest BCUT2D eigenvalue weighted by molar-refractivity contribution is -0.138. The molecule has 0 aromatic rings. The lowest BCUT2D eigenvalue weighted by Crippen LogP contribution is -2.08. The summed E-state index contributed by atoms with van der Waals surface area (Å²) in [7, 11) is 0. The second kappa shape index (κ2) is 4.08. The van der Waals surface area contributed by atoms with Gasteiger partial charge in [0.2, 0.25) is 0 Å². The highest BCUT2D eigenvalue weighted by Gasteiger charge is 2.28. The van der Waals surface area contributed by atoms with Gasteiger partial charge in [-0.15, -0.1) is 0 Å². The Labute approximate surface area is 78.0 Å². The van der Waals surface area contributed by atoms with Crippen LogP contribution >= 0.6 is 0 Å². The fourth-order valence-electron chi connectivity index (χ4n) is 1.22. The van der Waals surface area contributed by atoms with Gasteiger partial charge < -0.3 is 4.74 Å². The number of hydrogen-bond donors (Lipinski definition) is 0. The van der Waals surface area contributed by atoms with Gasteiger partial charge in [-0.1, -0.05) is 0 Å². The van der Waals surface area contributed by atoms with Crippen molar-refractivity contribution in [3.8, 4) is 6.07 Å². The summed E-state index contributed by atoms with van der Waals surface area (Å²) in [5.41, 5.74) is 1.09. The zero-order chi connectivity index (χ0) is 9.84. The van der Waals surface area contributed by atoms with Crippen LogP contribution in [-0.2, 0) is 9.53 Å². The highest BCUT2D eigenvalue weighted by Crippen LogP contribution is 2.37. The van der Waals surface area contributed by atoms with Gasteiger partial charge >= 0.3 is 5.97 Å². The SMILES string of the molecule is CCOC(=O)C(C#N)=C(C)C1CC1. The molecule has 0 N–H and O–H groups in total. The zero-order valence-corrected chi connectivity index (χ0v) is 7.96. The maximum atomic E-state index is 11.2. The van der Waals surface area contributed by atoms with Gasteiger partial charge in [0.1, 0.15) is 11.6 Å². The summed E-state index contributed by atoms with van der Waals surface area (Å²) < 4.78 is 4.77. The third-order valence-corrected chi connectivity index (χ3v) is 2.18. The number of esters is 1. The van der Waals surface area contributed by atoms with Gasteiger partial charge in [-0.05, 0) is 38.2 Å². The molecule has 0 aromatic heterocycles. The van der Waals surface area contributed by atoms with Gasteiger partial charge in [-0.25, -0.2) is 4.79 Å². The molecule has 0 unspecified atom stereocenters. The number of carbonyl (C=O) groups is 1. The molecule has 3 nitrogen and oxygen atoms in total. The van der Waals surface area contributed by atoms with Crippen LogP contribution in [0.15, 0.2) is 11.1 Å². The molecule has 0 bridgehead atoms. The van der Waals surface area contributed by atoms with E-state index < -0.39 is 5.97 Å². The molecule has 0 aliphatic heterocycles. The standard InChI is InChI=1S/C10H13NO2/c1-3-13-10(12)9(6-11)7(2)8-4-5-8/h8H,3-5H2,1-2H3. The van der Waals surface area contributed by atoms with E-state index in [0.29, 0.717) is 12.5 Å². The summed E-state index contributed by atoms with van der Waals surface area (Å²) in [5.74, 6) is -0.0338. The van der Waals surface area contributed by atoms with E-state index >= 15 is 0 Å². The monoisotopic (exact) mass is 179 g/mol. The van der Waals surface area contributed by atoms with Crippen LogP contribution in [0.1, 0.15) is 26.7 Å². The maximum absolute atomic E-state index is 11.2. The Hall–Kier alpha value is -1.30. The molecule has 1 fully saturated rings. The van der Waals surface area contributed by atoms with Crippen molar-refractivity contribution in [2.45, 2.75) is 26.7 Å². The summed E-state index contributed by atoms with van der Waals surface area (Å²) in [6.07, 6.45) is 2.19. The molecule has 0 spiro atoms. The molecule has 0 aromatic carbocycles. The molecule has 1 rings (SSSR count). The molecule has 13 heavy (non-hydrogen) atoms. The third-order valence-electron chi connectivity index (χ3n) is 2.18. The Bertz CT molecular complexity index is 282. The molecular formula is C10H13NO2. The van der Waals surface area contributed by atoms with Crippen molar-refractivity contribution >= 4 is 5.97 Å². The minimum absolute atomic E-state index is 0.198. The summed E-state index contributed by atoms with van der Waals surface area (Å²) in [5, 5.41) is 8.76. The molecule has 0 saturated heterocycles. The number of hydrogen-bond acceptors (Lipinski definition) is 3. The second-order valence-electron chi connectivity index (χ2n) is 3.16. The predicted molar refractivity (Wildman–Crippen MR) is 47.7 cm³/mol. The Morgan fingerprint density at radius 3 is 2.62 bits per heavy atom. The van der Waals surface area contributed by atoms with Crippen LogP contribution in [0, 0.1) is 17.2 Å². The first-order valence-corrected chi connectivity index (χ1v) is 4.48. The smallest absolute Gasteiger partial charge is 0.348 e. The normalized spacial score (nSPS) is 17.3. The molecule has 3 heteroatoms. The van der Waals surface area contributed by atoms with Crippen LogP contribution in [0.25, 0.3) is 0 Å². The molecule has 0 amide bonds. The van der Waals surface area contributed by atoms with E-state index in [1.165, 1.54) is 0 Å². The lowest BCUT2D eigenvalue weighted by atomic mass is 10.1. The molecular weight excluding hydrogens is 166 g/mol. The van der Waals surface area contributed by atoms with E-state index in [4.69, 9.17) is 10.00 Å². The van der Waals surface area contributed by atoms with E-state index in [9.17, 15) is 4.79 Å². The fourth-order valence-corrected chi connectivity index (χ4v) is 1.22. The average Bonchev–Trinajstić information content (AvgIpc) is 2.88. The van der Waals surface area contributed by atoms with Gasteiger partial charge in [-0.2, -0.15) is 5.26 Å². The molecule has 0 heterocycles. The molecule has 1 aliphatic carbocycles. The number of nitrogens with zero attached hydrogens (tertiary/aromatic N) is 1. The Kier molecular flexibility index (Phi) is 3.07. The van der Waals surface area contributed by atoms with Crippen LogP contribution < -0.4 is 0 Å². The van der Waals surface area contributed by atoms with Crippen molar-refractivity contribution in [3.05, 3.63) is 11.1 Å². The highest BCUT2D eigenvalue weighted by atomic mass is 16.5. The van der Waals surface area contributed by atoms with Crippen molar-refractivity contribution < 1.29 is 9.53 Å². The first kappa shape index (κ1) is 9.79. The Morgan fingerprint density at radius 2 is 2.23 bits per heavy atom. The van der Waals surface area contributed by atoms with Crippen LogP contribution in [0.4, 0.5) is 0 Å². The number of rotatable bonds is 3. The van der Waals surface area contributed by atoms with Gasteiger partial charge in [0, 0.05) is 0 Å². The number of carbonyl (C=O) groups excluding carboxylic acids is 1. The van der Waals surface area contributed by atoms with Gasteiger partial charge in [0.05, 0.1) is 6.61 Å². The summed E-state index contributed by atoms with van der Waals surface area (Å²) >= 11 is 0. The van der Waals surface area contributed by atoms with E-state index in [2.05, 4.69) is 0 Å². The van der Waals surface area contributed by atoms with Crippen LogP contribution in [0.5, 0.6) is 0 Å². The average molecular weight is 179 g/mol. The Balaban J connectivity index is 2.77. The molecule has 0 atom stereocenters. The molecule has 70 valence electrons. The second-order valence-corrected chi connectivity index (χ2v) is 3.16. The van der Waals surface area contributed by atoms with Gasteiger partial charge in [0.15, 0.2) is 0 Å². The quantitative estimate of drug-likeness (QED) is 0.377. The number of nitriles is 1. The summed E-state index contributed by atoms with van der Waals surface area (Å²) in [4.78, 5) is 11.2. The third kappa shape index (κ3) is 2.32. The highest BCUT2D eigenvalue weighted by molar-refractivity contribution is 5.93. The summed E-state index contributed by atoms with van der Waals surface area (Å²) in [6, 6.07) is 1.91. The lowest BCUT2D eigenvalue weighted by Gasteiger charge is -2.03. The van der Waals surface area contributed by atoms with E-state index in [1.54, 1.807) is 6.92 Å². The molecule has 1 saturated carbocycles. The molecule has 0 radical (unpaired) electrons. The van der Waals surface area contributed by atoms with E-state index in [1.807, 2.05) is 13.0 Å². The van der Waals surface area contributed by atoms with Crippen molar-refractivity contribution in [3.63, 3.8) is 0 Å². The van der Waals surface area contributed by atoms with Crippen LogP contribution in [0.3, 0.4) is 0 Å². The van der Waals surface area contributed by atoms with Crippen molar-refractivity contribution in [2.75, 3.05) is 6.61 Å². The van der Waals surface area contributed by atoms with Crippen molar-refractivity contribution in [2.24, 2.45) is 5.92 Å². The predicted octanol–water partition coefficient (Wildman–Crippen LogP) is 1.80. The summed E-state index contributed by atoms with van der Waals surface area (Å²) in [6.45, 7) is 3.90. The Morgan fingerprint density at radius 1 is 1.62 bits per heavy atom.